The van der Waals surface area contributed by atoms with E-state index >= 15 is 0 Å². The zero-order valence-electron chi connectivity index (χ0n) is 15.2. The standard InChI is InChI=1S/C21H21FN2O3/c1-26-19-10-5-15(20(13-19)27-2)14-23-21(25)12-18-4-3-11-24(18)17-8-6-16(22)7-9-17/h3-11,13H,12,14H2,1-2H3,(H,23,25). The lowest BCUT2D eigenvalue weighted by atomic mass is 10.2. The number of carbonyl (C=O) groups is 1. The lowest BCUT2D eigenvalue weighted by molar-refractivity contribution is -0.120. The Morgan fingerprint density at radius 3 is 2.56 bits per heavy atom. The average molecular weight is 368 g/mol. The third kappa shape index (κ3) is 4.47. The van der Waals surface area contributed by atoms with Crippen molar-refractivity contribution in [3.63, 3.8) is 0 Å². The van der Waals surface area contributed by atoms with E-state index in [1.807, 2.05) is 35.0 Å². The maximum atomic E-state index is 13.1. The predicted molar refractivity (Wildman–Crippen MR) is 101 cm³/mol. The van der Waals surface area contributed by atoms with Gasteiger partial charge in [-0.05, 0) is 48.5 Å². The van der Waals surface area contributed by atoms with Gasteiger partial charge in [-0.1, -0.05) is 0 Å². The molecule has 0 bridgehead atoms. The number of methoxy groups -OCH3 is 2. The number of hydrogen-bond donors (Lipinski definition) is 1. The Bertz CT molecular complexity index is 919. The molecule has 1 N–H and O–H groups in total. The second-order valence-electron chi connectivity index (χ2n) is 5.98. The average Bonchev–Trinajstić information content (AvgIpc) is 3.14. The van der Waals surface area contributed by atoms with Gasteiger partial charge in [-0.15, -0.1) is 0 Å². The Labute approximate surface area is 157 Å². The van der Waals surface area contributed by atoms with Crippen LogP contribution in [-0.2, 0) is 17.8 Å². The molecule has 3 rings (SSSR count). The first-order valence-corrected chi connectivity index (χ1v) is 8.50. The molecular weight excluding hydrogens is 347 g/mol. The summed E-state index contributed by atoms with van der Waals surface area (Å²) < 4.78 is 25.5. The molecule has 0 spiro atoms. The number of nitrogens with zero attached hydrogens (tertiary/aromatic N) is 1. The first-order valence-electron chi connectivity index (χ1n) is 8.50. The molecule has 0 saturated carbocycles. The second-order valence-corrected chi connectivity index (χ2v) is 5.98. The van der Waals surface area contributed by atoms with Gasteiger partial charge in [0.1, 0.15) is 17.3 Å². The van der Waals surface area contributed by atoms with Crippen LogP contribution in [-0.4, -0.2) is 24.7 Å². The Kier molecular flexibility index (Phi) is 5.76. The molecule has 27 heavy (non-hydrogen) atoms. The fourth-order valence-electron chi connectivity index (χ4n) is 2.83. The highest BCUT2D eigenvalue weighted by Gasteiger charge is 2.11. The van der Waals surface area contributed by atoms with E-state index in [0.29, 0.717) is 18.0 Å². The molecule has 0 aliphatic carbocycles. The van der Waals surface area contributed by atoms with Gasteiger partial charge in [0.05, 0.1) is 20.6 Å². The van der Waals surface area contributed by atoms with Crippen molar-refractivity contribution in [3.05, 3.63) is 77.9 Å². The highest BCUT2D eigenvalue weighted by atomic mass is 19.1. The van der Waals surface area contributed by atoms with Gasteiger partial charge < -0.3 is 19.4 Å². The Hall–Kier alpha value is -3.28. The highest BCUT2D eigenvalue weighted by Crippen LogP contribution is 2.24. The molecule has 0 unspecified atom stereocenters. The fourth-order valence-corrected chi connectivity index (χ4v) is 2.83. The lowest BCUT2D eigenvalue weighted by Crippen LogP contribution is -2.25. The van der Waals surface area contributed by atoms with Gasteiger partial charge in [-0.2, -0.15) is 0 Å². The van der Waals surface area contributed by atoms with Crippen molar-refractivity contribution in [2.24, 2.45) is 0 Å². The van der Waals surface area contributed by atoms with Crippen molar-refractivity contribution in [3.8, 4) is 17.2 Å². The van der Waals surface area contributed by atoms with E-state index in [4.69, 9.17) is 9.47 Å². The molecule has 1 heterocycles. The van der Waals surface area contributed by atoms with E-state index in [-0.39, 0.29) is 18.1 Å². The first-order chi connectivity index (χ1) is 13.1. The van der Waals surface area contributed by atoms with Crippen molar-refractivity contribution < 1.29 is 18.7 Å². The van der Waals surface area contributed by atoms with Crippen molar-refractivity contribution in [1.29, 1.82) is 0 Å². The molecule has 1 aromatic heterocycles. The Morgan fingerprint density at radius 2 is 1.85 bits per heavy atom. The van der Waals surface area contributed by atoms with Crippen LogP contribution < -0.4 is 14.8 Å². The molecule has 0 saturated heterocycles. The van der Waals surface area contributed by atoms with Crippen LogP contribution >= 0.6 is 0 Å². The van der Waals surface area contributed by atoms with Gasteiger partial charge in [-0.25, -0.2) is 4.39 Å². The topological polar surface area (TPSA) is 52.5 Å². The number of rotatable bonds is 7. The summed E-state index contributed by atoms with van der Waals surface area (Å²) in [7, 11) is 3.17. The van der Waals surface area contributed by atoms with E-state index in [1.54, 1.807) is 32.4 Å². The molecular formula is C21H21FN2O3. The zero-order valence-corrected chi connectivity index (χ0v) is 15.2. The molecule has 5 nitrogen and oxygen atoms in total. The molecule has 0 aliphatic heterocycles. The summed E-state index contributed by atoms with van der Waals surface area (Å²) in [5.74, 6) is 0.942. The van der Waals surface area contributed by atoms with Crippen LogP contribution in [0.5, 0.6) is 11.5 Å². The number of ether oxygens (including phenoxy) is 2. The van der Waals surface area contributed by atoms with Crippen molar-refractivity contribution in [2.45, 2.75) is 13.0 Å². The minimum absolute atomic E-state index is 0.116. The Morgan fingerprint density at radius 1 is 1.07 bits per heavy atom. The molecule has 0 fully saturated rings. The summed E-state index contributed by atoms with van der Waals surface area (Å²) in [5.41, 5.74) is 2.49. The van der Waals surface area contributed by atoms with E-state index in [0.717, 1.165) is 16.9 Å². The predicted octanol–water partition coefficient (Wildman–Crippen LogP) is 3.49. The molecule has 2 aromatic carbocycles. The summed E-state index contributed by atoms with van der Waals surface area (Å²) in [5, 5.41) is 2.90. The number of hydrogen-bond acceptors (Lipinski definition) is 3. The van der Waals surface area contributed by atoms with Crippen LogP contribution in [0.4, 0.5) is 4.39 Å². The highest BCUT2D eigenvalue weighted by molar-refractivity contribution is 5.78. The maximum Gasteiger partial charge on any atom is 0.226 e. The number of benzene rings is 2. The van der Waals surface area contributed by atoms with Crippen molar-refractivity contribution >= 4 is 5.91 Å². The smallest absolute Gasteiger partial charge is 0.226 e. The van der Waals surface area contributed by atoms with Crippen LogP contribution in [0, 0.1) is 5.82 Å². The third-order valence-corrected chi connectivity index (χ3v) is 4.25. The van der Waals surface area contributed by atoms with Crippen LogP contribution in [0.15, 0.2) is 60.8 Å². The van der Waals surface area contributed by atoms with Gasteiger partial charge in [0.25, 0.3) is 0 Å². The summed E-state index contributed by atoms with van der Waals surface area (Å²) in [6.45, 7) is 0.350. The Balaban J connectivity index is 1.66. The van der Waals surface area contributed by atoms with Gasteiger partial charge >= 0.3 is 0 Å². The largest absolute Gasteiger partial charge is 0.497 e. The maximum absolute atomic E-state index is 13.1. The third-order valence-electron chi connectivity index (χ3n) is 4.25. The van der Waals surface area contributed by atoms with Crippen LogP contribution in [0.2, 0.25) is 0 Å². The first kappa shape index (κ1) is 18.5. The lowest BCUT2D eigenvalue weighted by Gasteiger charge is -2.12. The van der Waals surface area contributed by atoms with E-state index < -0.39 is 0 Å². The van der Waals surface area contributed by atoms with Crippen LogP contribution in [0.25, 0.3) is 5.69 Å². The van der Waals surface area contributed by atoms with Crippen LogP contribution in [0.1, 0.15) is 11.3 Å². The quantitative estimate of drug-likeness (QED) is 0.695. The van der Waals surface area contributed by atoms with E-state index in [9.17, 15) is 9.18 Å². The molecule has 6 heteroatoms. The van der Waals surface area contributed by atoms with Gasteiger partial charge in [0.15, 0.2) is 0 Å². The number of halogens is 1. The monoisotopic (exact) mass is 368 g/mol. The molecule has 3 aromatic rings. The van der Waals surface area contributed by atoms with Crippen LogP contribution in [0.3, 0.4) is 0 Å². The van der Waals surface area contributed by atoms with Gasteiger partial charge in [0, 0.05) is 35.8 Å². The molecule has 140 valence electrons. The van der Waals surface area contributed by atoms with Gasteiger partial charge in [-0.3, -0.25) is 4.79 Å². The molecule has 1 amide bonds. The summed E-state index contributed by atoms with van der Waals surface area (Å²) in [4.78, 5) is 12.4. The van der Waals surface area contributed by atoms with E-state index in [1.165, 1.54) is 12.1 Å². The normalized spacial score (nSPS) is 10.5. The summed E-state index contributed by atoms with van der Waals surface area (Å²) in [6.07, 6.45) is 2.06. The second kappa shape index (κ2) is 8.40. The van der Waals surface area contributed by atoms with Crippen molar-refractivity contribution in [2.75, 3.05) is 14.2 Å². The minimum atomic E-state index is -0.293. The SMILES string of the molecule is COc1ccc(CNC(=O)Cc2cccn2-c2ccc(F)cc2)c(OC)c1. The summed E-state index contributed by atoms with van der Waals surface area (Å²) >= 11 is 0. The minimum Gasteiger partial charge on any atom is -0.497 e. The molecule has 0 radical (unpaired) electrons. The fraction of sp³-hybridized carbons (Fsp3) is 0.190. The van der Waals surface area contributed by atoms with E-state index in [2.05, 4.69) is 5.32 Å². The number of amides is 1. The van der Waals surface area contributed by atoms with Gasteiger partial charge in [0.2, 0.25) is 5.91 Å². The molecule has 0 aliphatic rings. The zero-order chi connectivity index (χ0) is 19.2. The summed E-state index contributed by atoms with van der Waals surface area (Å²) in [6, 6.07) is 15.3. The van der Waals surface area contributed by atoms with Crippen molar-refractivity contribution in [1.82, 2.24) is 9.88 Å². The number of carbonyl (C=O) groups excluding carboxylic acids is 1. The number of nitrogens with one attached hydrogen (secondary N) is 1. The number of aromatic nitrogens is 1. The molecule has 0 atom stereocenters.